The average molecular weight is 299 g/mol. The molecule has 0 radical (unpaired) electrons. The van der Waals surface area contributed by atoms with Gasteiger partial charge in [0.15, 0.2) is 6.61 Å². The number of carbonyl (C=O) groups is 2. The predicted molar refractivity (Wildman–Crippen MR) is 83.4 cm³/mol. The molecule has 0 saturated heterocycles. The molecule has 2 rings (SSSR count). The molecule has 0 saturated carbocycles. The molecule has 0 unspecified atom stereocenters. The molecule has 6 nitrogen and oxygen atoms in total. The number of carbonyl (C=O) groups excluding carboxylic acids is 2. The summed E-state index contributed by atoms with van der Waals surface area (Å²) in [5.74, 6) is 5.00. The monoisotopic (exact) mass is 299 g/mol. The van der Waals surface area contributed by atoms with Gasteiger partial charge in [-0.05, 0) is 36.4 Å². The van der Waals surface area contributed by atoms with E-state index in [-0.39, 0.29) is 18.4 Å². The molecule has 2 amide bonds. The molecule has 0 spiro atoms. The molecule has 6 heteroatoms. The van der Waals surface area contributed by atoms with Crippen LogP contribution in [0.15, 0.2) is 54.6 Å². The quantitative estimate of drug-likeness (QED) is 0.495. The van der Waals surface area contributed by atoms with E-state index in [0.29, 0.717) is 11.3 Å². The molecule has 0 atom stereocenters. The van der Waals surface area contributed by atoms with Gasteiger partial charge in [0.05, 0.1) is 0 Å². The Morgan fingerprint density at radius 1 is 1.09 bits per heavy atom. The van der Waals surface area contributed by atoms with Crippen LogP contribution in [0.3, 0.4) is 0 Å². The first-order valence-electron chi connectivity index (χ1n) is 6.67. The Morgan fingerprint density at radius 2 is 1.73 bits per heavy atom. The van der Waals surface area contributed by atoms with Crippen LogP contribution in [-0.2, 0) is 4.79 Å². The van der Waals surface area contributed by atoms with Crippen molar-refractivity contribution in [2.75, 3.05) is 18.6 Å². The minimum atomic E-state index is -0.383. The number of amides is 2. The fourth-order valence-corrected chi connectivity index (χ4v) is 1.82. The summed E-state index contributed by atoms with van der Waals surface area (Å²) in [5.41, 5.74) is 3.26. The number of hydrogen-bond donors (Lipinski definition) is 2. The van der Waals surface area contributed by atoms with E-state index in [9.17, 15) is 9.59 Å². The summed E-state index contributed by atoms with van der Waals surface area (Å²) in [6, 6.07) is 15.7. The Labute approximate surface area is 128 Å². The van der Waals surface area contributed by atoms with Gasteiger partial charge in [-0.3, -0.25) is 15.0 Å². The Hall–Kier alpha value is -2.86. The third-order valence-corrected chi connectivity index (χ3v) is 3.13. The van der Waals surface area contributed by atoms with Crippen molar-refractivity contribution in [3.05, 3.63) is 60.2 Å². The van der Waals surface area contributed by atoms with E-state index < -0.39 is 0 Å². The molecule has 22 heavy (non-hydrogen) atoms. The zero-order chi connectivity index (χ0) is 15.9. The van der Waals surface area contributed by atoms with E-state index in [4.69, 9.17) is 10.6 Å². The maximum Gasteiger partial charge on any atom is 0.265 e. The summed E-state index contributed by atoms with van der Waals surface area (Å²) in [6.45, 7) is -0.0895. The second kappa shape index (κ2) is 7.24. The molecular weight excluding hydrogens is 282 g/mol. The first-order valence-corrected chi connectivity index (χ1v) is 6.67. The van der Waals surface area contributed by atoms with E-state index in [2.05, 4.69) is 0 Å². The van der Waals surface area contributed by atoms with Crippen LogP contribution in [0.2, 0.25) is 0 Å². The summed E-state index contributed by atoms with van der Waals surface area (Å²) in [5, 5.41) is 0. The van der Waals surface area contributed by atoms with Crippen molar-refractivity contribution in [2.24, 2.45) is 5.84 Å². The van der Waals surface area contributed by atoms with Crippen LogP contribution < -0.4 is 20.9 Å². The van der Waals surface area contributed by atoms with Crippen molar-refractivity contribution < 1.29 is 14.3 Å². The third kappa shape index (κ3) is 3.83. The SMILES string of the molecule is CN(C(=O)COc1ccc(C(=O)NN)cc1)c1ccccc1. The highest BCUT2D eigenvalue weighted by Gasteiger charge is 2.11. The van der Waals surface area contributed by atoms with E-state index in [0.717, 1.165) is 5.69 Å². The van der Waals surface area contributed by atoms with Crippen molar-refractivity contribution in [3.8, 4) is 5.75 Å². The summed E-state index contributed by atoms with van der Waals surface area (Å²) in [7, 11) is 1.69. The molecule has 2 aromatic carbocycles. The van der Waals surface area contributed by atoms with E-state index in [1.807, 2.05) is 35.8 Å². The second-order valence-corrected chi connectivity index (χ2v) is 4.57. The summed E-state index contributed by atoms with van der Waals surface area (Å²) in [6.07, 6.45) is 0. The van der Waals surface area contributed by atoms with Crippen LogP contribution in [-0.4, -0.2) is 25.5 Å². The number of nitrogens with one attached hydrogen (secondary N) is 1. The standard InChI is InChI=1S/C16H17N3O3/c1-19(13-5-3-2-4-6-13)15(20)11-22-14-9-7-12(8-10-14)16(21)18-17/h2-10H,11,17H2,1H3,(H,18,21). The van der Waals surface area contributed by atoms with Crippen molar-refractivity contribution in [1.82, 2.24) is 5.43 Å². The lowest BCUT2D eigenvalue weighted by Gasteiger charge is -2.17. The number of benzene rings is 2. The number of ether oxygens (including phenoxy) is 1. The van der Waals surface area contributed by atoms with Crippen molar-refractivity contribution in [2.45, 2.75) is 0 Å². The second-order valence-electron chi connectivity index (χ2n) is 4.57. The first-order chi connectivity index (χ1) is 10.6. The highest BCUT2D eigenvalue weighted by molar-refractivity contribution is 5.94. The van der Waals surface area contributed by atoms with Gasteiger partial charge in [0.25, 0.3) is 11.8 Å². The van der Waals surface area contributed by atoms with Gasteiger partial charge in [-0.15, -0.1) is 0 Å². The van der Waals surface area contributed by atoms with Gasteiger partial charge in [0.1, 0.15) is 5.75 Å². The summed E-state index contributed by atoms with van der Waals surface area (Å²) in [4.78, 5) is 24.9. The number of hydrazine groups is 1. The lowest BCUT2D eigenvalue weighted by atomic mass is 10.2. The van der Waals surface area contributed by atoms with Crippen LogP contribution in [0.1, 0.15) is 10.4 Å². The summed E-state index contributed by atoms with van der Waals surface area (Å²) < 4.78 is 5.42. The Balaban J connectivity index is 1.92. The van der Waals surface area contributed by atoms with Gasteiger partial charge >= 0.3 is 0 Å². The molecule has 0 aromatic heterocycles. The van der Waals surface area contributed by atoms with Crippen LogP contribution in [0, 0.1) is 0 Å². The topological polar surface area (TPSA) is 84.7 Å². The van der Waals surface area contributed by atoms with Gasteiger partial charge in [-0.2, -0.15) is 0 Å². The maximum atomic E-state index is 12.1. The Morgan fingerprint density at radius 3 is 2.32 bits per heavy atom. The van der Waals surface area contributed by atoms with E-state index in [1.54, 1.807) is 31.3 Å². The van der Waals surface area contributed by atoms with Crippen LogP contribution >= 0.6 is 0 Å². The minimum absolute atomic E-state index is 0.0895. The van der Waals surface area contributed by atoms with Gasteiger partial charge < -0.3 is 9.64 Å². The van der Waals surface area contributed by atoms with E-state index in [1.165, 1.54) is 4.90 Å². The smallest absolute Gasteiger partial charge is 0.265 e. The van der Waals surface area contributed by atoms with Crippen molar-refractivity contribution in [1.29, 1.82) is 0 Å². The molecule has 3 N–H and O–H groups in total. The number of nitrogens with two attached hydrogens (primary N) is 1. The van der Waals surface area contributed by atoms with Gasteiger partial charge in [0, 0.05) is 18.3 Å². The van der Waals surface area contributed by atoms with Crippen LogP contribution in [0.25, 0.3) is 0 Å². The molecular formula is C16H17N3O3. The number of rotatable bonds is 5. The molecule has 0 heterocycles. The fourth-order valence-electron chi connectivity index (χ4n) is 1.82. The zero-order valence-electron chi connectivity index (χ0n) is 12.2. The van der Waals surface area contributed by atoms with Crippen molar-refractivity contribution in [3.63, 3.8) is 0 Å². The van der Waals surface area contributed by atoms with Crippen LogP contribution in [0.4, 0.5) is 5.69 Å². The lowest BCUT2D eigenvalue weighted by Crippen LogP contribution is -2.31. The maximum absolute atomic E-state index is 12.1. The van der Waals surface area contributed by atoms with Gasteiger partial charge in [0.2, 0.25) is 0 Å². The minimum Gasteiger partial charge on any atom is -0.484 e. The number of nitrogens with zero attached hydrogens (tertiary/aromatic N) is 1. The highest BCUT2D eigenvalue weighted by Crippen LogP contribution is 2.14. The Kier molecular flexibility index (Phi) is 5.11. The normalized spacial score (nSPS) is 9.91. The molecule has 0 aliphatic carbocycles. The molecule has 114 valence electrons. The fraction of sp³-hybridized carbons (Fsp3) is 0.125. The molecule has 0 aliphatic rings. The highest BCUT2D eigenvalue weighted by atomic mass is 16.5. The summed E-state index contributed by atoms with van der Waals surface area (Å²) >= 11 is 0. The number of nitrogen functional groups attached to an aromatic ring is 1. The van der Waals surface area contributed by atoms with Gasteiger partial charge in [-0.25, -0.2) is 5.84 Å². The van der Waals surface area contributed by atoms with Gasteiger partial charge in [-0.1, -0.05) is 18.2 Å². The number of anilines is 1. The Bertz CT molecular complexity index is 641. The average Bonchev–Trinajstić information content (AvgIpc) is 2.59. The lowest BCUT2D eigenvalue weighted by molar-refractivity contribution is -0.120. The zero-order valence-corrected chi connectivity index (χ0v) is 12.2. The van der Waals surface area contributed by atoms with E-state index >= 15 is 0 Å². The largest absolute Gasteiger partial charge is 0.484 e. The first kappa shape index (κ1) is 15.5. The number of likely N-dealkylation sites (N-methyl/N-ethyl adjacent to an activating group) is 1. The van der Waals surface area contributed by atoms with Crippen LogP contribution in [0.5, 0.6) is 5.75 Å². The third-order valence-electron chi connectivity index (χ3n) is 3.13. The molecule has 0 aliphatic heterocycles. The number of hydrogen-bond acceptors (Lipinski definition) is 4. The number of para-hydroxylation sites is 1. The molecule has 0 bridgehead atoms. The molecule has 2 aromatic rings. The molecule has 0 fully saturated rings. The van der Waals surface area contributed by atoms with Crippen molar-refractivity contribution >= 4 is 17.5 Å². The predicted octanol–water partition coefficient (Wildman–Crippen LogP) is 1.33.